The molecule has 110 valence electrons. The Balaban J connectivity index is 2.43. The van der Waals surface area contributed by atoms with Gasteiger partial charge in [-0.15, -0.1) is 0 Å². The lowest BCUT2D eigenvalue weighted by molar-refractivity contribution is 0.152. The third-order valence-corrected chi connectivity index (χ3v) is 3.24. The van der Waals surface area contributed by atoms with E-state index in [4.69, 9.17) is 9.47 Å². The third kappa shape index (κ3) is 2.88. The minimum atomic E-state index is -0.985. The van der Waals surface area contributed by atoms with Crippen LogP contribution in [0.3, 0.4) is 0 Å². The summed E-state index contributed by atoms with van der Waals surface area (Å²) in [5, 5.41) is 10.3. The van der Waals surface area contributed by atoms with E-state index in [-0.39, 0.29) is 6.04 Å². The van der Waals surface area contributed by atoms with Gasteiger partial charge in [0.15, 0.2) is 0 Å². The summed E-state index contributed by atoms with van der Waals surface area (Å²) in [4.78, 5) is 6.55. The molecule has 0 bridgehead atoms. The maximum atomic E-state index is 10.3. The average molecular weight is 278 g/mol. The largest absolute Gasteiger partial charge is 0.497 e. The van der Waals surface area contributed by atoms with Crippen LogP contribution in [0.1, 0.15) is 20.8 Å². The molecule has 5 heteroatoms. The molecule has 0 aromatic heterocycles. The van der Waals surface area contributed by atoms with Crippen molar-refractivity contribution < 1.29 is 14.6 Å². The third-order valence-electron chi connectivity index (χ3n) is 3.24. The second-order valence-corrected chi connectivity index (χ2v) is 5.54. The topological polar surface area (TPSA) is 54.3 Å². The number of methoxy groups -OCH3 is 2. The van der Waals surface area contributed by atoms with Crippen LogP contribution in [0, 0.1) is 0 Å². The first-order valence-electron chi connectivity index (χ1n) is 6.66. The van der Waals surface area contributed by atoms with Crippen molar-refractivity contribution in [2.75, 3.05) is 25.7 Å². The predicted octanol–water partition coefficient (Wildman–Crippen LogP) is 2.08. The number of hydrogen-bond donors (Lipinski definition) is 1. The Morgan fingerprint density at radius 3 is 2.20 bits per heavy atom. The van der Waals surface area contributed by atoms with Crippen molar-refractivity contribution in [3.8, 4) is 11.5 Å². The van der Waals surface area contributed by atoms with Crippen LogP contribution in [-0.2, 0) is 0 Å². The maximum Gasteiger partial charge on any atom is 0.136 e. The Kier molecular flexibility index (Phi) is 3.90. The summed E-state index contributed by atoms with van der Waals surface area (Å²) in [6.07, 6.45) is 0. The quantitative estimate of drug-likeness (QED) is 0.916. The van der Waals surface area contributed by atoms with E-state index in [9.17, 15) is 5.11 Å². The number of rotatable bonds is 4. The Morgan fingerprint density at radius 2 is 1.75 bits per heavy atom. The molecule has 1 aromatic rings. The molecule has 0 saturated carbocycles. The van der Waals surface area contributed by atoms with Crippen LogP contribution in [0.5, 0.6) is 11.5 Å². The van der Waals surface area contributed by atoms with Gasteiger partial charge in [0.1, 0.15) is 22.9 Å². The predicted molar refractivity (Wildman–Crippen MR) is 80.1 cm³/mol. The first kappa shape index (κ1) is 14.7. The van der Waals surface area contributed by atoms with Crippen LogP contribution >= 0.6 is 0 Å². The Morgan fingerprint density at radius 1 is 1.20 bits per heavy atom. The number of anilines is 1. The number of aliphatic imine (C=N–C) groups is 1. The van der Waals surface area contributed by atoms with Gasteiger partial charge in [0.2, 0.25) is 0 Å². The van der Waals surface area contributed by atoms with Gasteiger partial charge in [-0.25, -0.2) is 0 Å². The molecule has 1 aliphatic heterocycles. The van der Waals surface area contributed by atoms with Gasteiger partial charge in [-0.2, -0.15) is 0 Å². The molecule has 0 amide bonds. The van der Waals surface area contributed by atoms with Gasteiger partial charge in [-0.3, -0.25) is 4.99 Å². The first-order valence-corrected chi connectivity index (χ1v) is 6.66. The monoisotopic (exact) mass is 278 g/mol. The number of nitrogens with zero attached hydrogens (tertiary/aromatic N) is 2. The highest BCUT2D eigenvalue weighted by Crippen LogP contribution is 2.32. The van der Waals surface area contributed by atoms with Crippen LogP contribution < -0.4 is 14.4 Å². The zero-order valence-electron chi connectivity index (χ0n) is 12.7. The van der Waals surface area contributed by atoms with Crippen molar-refractivity contribution in [2.45, 2.75) is 32.4 Å². The molecular weight excluding hydrogens is 256 g/mol. The smallest absolute Gasteiger partial charge is 0.136 e. The van der Waals surface area contributed by atoms with Crippen LogP contribution in [0.15, 0.2) is 23.2 Å². The van der Waals surface area contributed by atoms with Crippen molar-refractivity contribution in [1.82, 2.24) is 0 Å². The number of aliphatic hydroxyl groups is 1. The van der Waals surface area contributed by atoms with E-state index in [1.807, 2.05) is 30.0 Å². The number of hydrogen-bond acceptors (Lipinski definition) is 5. The second kappa shape index (κ2) is 5.32. The van der Waals surface area contributed by atoms with Gasteiger partial charge in [0, 0.05) is 30.4 Å². The Bertz CT molecular complexity index is 498. The molecular formula is C15H22N2O3. The van der Waals surface area contributed by atoms with Crippen molar-refractivity contribution in [2.24, 2.45) is 4.99 Å². The summed E-state index contributed by atoms with van der Waals surface area (Å²) >= 11 is 0. The molecule has 0 unspecified atom stereocenters. The van der Waals surface area contributed by atoms with Gasteiger partial charge in [-0.05, 0) is 20.8 Å². The summed E-state index contributed by atoms with van der Waals surface area (Å²) < 4.78 is 10.6. The molecule has 5 nitrogen and oxygen atoms in total. The van der Waals surface area contributed by atoms with Gasteiger partial charge >= 0.3 is 0 Å². The molecule has 0 spiro atoms. The SMILES string of the molecule is COc1cc(OC)cc(N2C[C@H](C)N=C2C(C)(C)O)c1. The first-order chi connectivity index (χ1) is 9.35. The molecule has 0 radical (unpaired) electrons. The molecule has 2 rings (SSSR count). The van der Waals surface area contributed by atoms with Crippen molar-refractivity contribution in [3.63, 3.8) is 0 Å². The molecule has 0 aliphatic carbocycles. The van der Waals surface area contributed by atoms with Crippen molar-refractivity contribution in [1.29, 1.82) is 0 Å². The summed E-state index contributed by atoms with van der Waals surface area (Å²) in [7, 11) is 3.24. The number of amidine groups is 1. The van der Waals surface area contributed by atoms with E-state index >= 15 is 0 Å². The highest BCUT2D eigenvalue weighted by atomic mass is 16.5. The summed E-state index contributed by atoms with van der Waals surface area (Å²) in [6, 6.07) is 5.81. The molecule has 20 heavy (non-hydrogen) atoms. The molecule has 1 aliphatic rings. The van der Waals surface area contributed by atoms with E-state index in [0.29, 0.717) is 17.3 Å². The maximum absolute atomic E-state index is 10.3. The fraction of sp³-hybridized carbons (Fsp3) is 0.533. The molecule has 0 fully saturated rings. The summed E-state index contributed by atoms with van der Waals surface area (Å²) in [6.45, 7) is 6.25. The van der Waals surface area contributed by atoms with E-state index in [1.54, 1.807) is 28.1 Å². The van der Waals surface area contributed by atoms with Gasteiger partial charge in [0.05, 0.1) is 20.3 Å². The van der Waals surface area contributed by atoms with Crippen LogP contribution in [0.4, 0.5) is 5.69 Å². The average Bonchev–Trinajstić information content (AvgIpc) is 2.80. The fourth-order valence-electron chi connectivity index (χ4n) is 2.33. The van der Waals surface area contributed by atoms with E-state index in [0.717, 1.165) is 12.2 Å². The molecule has 0 saturated heterocycles. The van der Waals surface area contributed by atoms with Gasteiger partial charge < -0.3 is 19.5 Å². The zero-order chi connectivity index (χ0) is 14.9. The number of benzene rings is 1. The molecule has 1 atom stereocenters. The van der Waals surface area contributed by atoms with Crippen molar-refractivity contribution in [3.05, 3.63) is 18.2 Å². The second-order valence-electron chi connectivity index (χ2n) is 5.54. The van der Waals surface area contributed by atoms with Gasteiger partial charge in [0.25, 0.3) is 0 Å². The minimum absolute atomic E-state index is 0.147. The van der Waals surface area contributed by atoms with Crippen LogP contribution in [0.25, 0.3) is 0 Å². The standard InChI is InChI=1S/C15H22N2O3/c1-10-9-17(14(16-10)15(2,3)18)11-6-12(19-4)8-13(7-11)20-5/h6-8,10,18H,9H2,1-5H3/t10-/m0/s1. The highest BCUT2D eigenvalue weighted by Gasteiger charge is 2.34. The number of ether oxygens (including phenoxy) is 2. The lowest BCUT2D eigenvalue weighted by atomic mass is 10.1. The Labute approximate surface area is 119 Å². The highest BCUT2D eigenvalue weighted by molar-refractivity contribution is 6.04. The lowest BCUT2D eigenvalue weighted by Crippen LogP contribution is -2.43. The van der Waals surface area contributed by atoms with E-state index in [1.165, 1.54) is 0 Å². The van der Waals surface area contributed by atoms with E-state index in [2.05, 4.69) is 4.99 Å². The zero-order valence-corrected chi connectivity index (χ0v) is 12.7. The fourth-order valence-corrected chi connectivity index (χ4v) is 2.33. The van der Waals surface area contributed by atoms with Crippen molar-refractivity contribution >= 4 is 11.5 Å². The molecule has 1 heterocycles. The lowest BCUT2D eigenvalue weighted by Gasteiger charge is -2.28. The minimum Gasteiger partial charge on any atom is -0.497 e. The molecule has 1 aromatic carbocycles. The van der Waals surface area contributed by atoms with Crippen LogP contribution in [0.2, 0.25) is 0 Å². The van der Waals surface area contributed by atoms with Crippen LogP contribution in [-0.4, -0.2) is 43.3 Å². The Hall–Kier alpha value is -1.75. The van der Waals surface area contributed by atoms with Gasteiger partial charge in [-0.1, -0.05) is 0 Å². The molecule has 1 N–H and O–H groups in total. The normalized spacial score (nSPS) is 19.0. The summed E-state index contributed by atoms with van der Waals surface area (Å²) in [5.74, 6) is 2.10. The van der Waals surface area contributed by atoms with E-state index < -0.39 is 5.60 Å². The summed E-state index contributed by atoms with van der Waals surface area (Å²) in [5.41, 5.74) is -0.0763.